The van der Waals surface area contributed by atoms with Gasteiger partial charge in [-0.15, -0.1) is 0 Å². The van der Waals surface area contributed by atoms with Crippen LogP contribution in [0.1, 0.15) is 25.0 Å². The van der Waals surface area contributed by atoms with Crippen LogP contribution in [0, 0.1) is 19.8 Å². The molecule has 0 saturated heterocycles. The second-order valence-electron chi connectivity index (χ2n) is 4.87. The van der Waals surface area contributed by atoms with Crippen molar-refractivity contribution in [2.75, 3.05) is 11.9 Å². The molecule has 19 heavy (non-hydrogen) atoms. The van der Waals surface area contributed by atoms with E-state index in [1.54, 1.807) is 0 Å². The monoisotopic (exact) mass is 280 g/mol. The van der Waals surface area contributed by atoms with E-state index in [1.165, 1.54) is 5.56 Å². The number of anilines is 1. The maximum atomic E-state index is 11.4. The second-order valence-corrected chi connectivity index (χ2v) is 5.28. The SMILES string of the molecule is Cc1ccc(NC(=S)NC(=O)OCC(C)C)cc1C. The van der Waals surface area contributed by atoms with Gasteiger partial charge in [0.05, 0.1) is 6.61 Å². The fraction of sp³-hybridized carbons (Fsp3) is 0.429. The molecular weight excluding hydrogens is 260 g/mol. The summed E-state index contributed by atoms with van der Waals surface area (Å²) in [7, 11) is 0. The third kappa shape index (κ3) is 5.70. The smallest absolute Gasteiger partial charge is 0.413 e. The summed E-state index contributed by atoms with van der Waals surface area (Å²) in [5.41, 5.74) is 3.22. The molecule has 0 saturated carbocycles. The Balaban J connectivity index is 2.46. The number of carbonyl (C=O) groups is 1. The highest BCUT2D eigenvalue weighted by atomic mass is 32.1. The van der Waals surface area contributed by atoms with Crippen LogP contribution in [-0.2, 0) is 4.74 Å². The molecule has 1 rings (SSSR count). The summed E-state index contributed by atoms with van der Waals surface area (Å²) in [6.45, 7) is 8.38. The fourth-order valence-corrected chi connectivity index (χ4v) is 1.55. The summed E-state index contributed by atoms with van der Waals surface area (Å²) in [6, 6.07) is 5.88. The van der Waals surface area contributed by atoms with Crippen LogP contribution >= 0.6 is 12.2 Å². The van der Waals surface area contributed by atoms with Crippen molar-refractivity contribution >= 4 is 29.1 Å². The van der Waals surface area contributed by atoms with Gasteiger partial charge in [0.15, 0.2) is 5.11 Å². The van der Waals surface area contributed by atoms with Gasteiger partial charge in [-0.05, 0) is 55.2 Å². The molecule has 1 aromatic rings. The van der Waals surface area contributed by atoms with Crippen molar-refractivity contribution in [1.82, 2.24) is 5.32 Å². The van der Waals surface area contributed by atoms with Gasteiger partial charge >= 0.3 is 6.09 Å². The number of aryl methyl sites for hydroxylation is 2. The Hall–Kier alpha value is -1.62. The highest BCUT2D eigenvalue weighted by molar-refractivity contribution is 7.80. The number of alkyl carbamates (subject to hydrolysis) is 1. The molecule has 0 unspecified atom stereocenters. The van der Waals surface area contributed by atoms with Gasteiger partial charge in [-0.2, -0.15) is 0 Å². The molecule has 0 spiro atoms. The Morgan fingerprint density at radius 3 is 2.58 bits per heavy atom. The molecule has 0 aliphatic carbocycles. The average molecular weight is 280 g/mol. The zero-order valence-corrected chi connectivity index (χ0v) is 12.6. The molecule has 0 bridgehead atoms. The van der Waals surface area contributed by atoms with Gasteiger partial charge in [0.2, 0.25) is 0 Å². The number of carbonyl (C=O) groups excluding carboxylic acids is 1. The van der Waals surface area contributed by atoms with E-state index < -0.39 is 6.09 Å². The maximum Gasteiger partial charge on any atom is 0.413 e. The number of hydrogen-bond donors (Lipinski definition) is 2. The number of nitrogens with one attached hydrogen (secondary N) is 2. The first-order valence-electron chi connectivity index (χ1n) is 6.20. The van der Waals surface area contributed by atoms with E-state index >= 15 is 0 Å². The first-order chi connectivity index (χ1) is 8.88. The van der Waals surface area contributed by atoms with Crippen LogP contribution in [0.15, 0.2) is 18.2 Å². The Kier molecular flexibility index (Phi) is 5.76. The number of hydrogen-bond acceptors (Lipinski definition) is 3. The normalized spacial score (nSPS) is 10.2. The summed E-state index contributed by atoms with van der Waals surface area (Å²) in [5.74, 6) is 0.298. The minimum absolute atomic E-state index is 0.233. The van der Waals surface area contributed by atoms with Gasteiger partial charge < -0.3 is 10.1 Å². The lowest BCUT2D eigenvalue weighted by molar-refractivity contribution is 0.138. The van der Waals surface area contributed by atoms with E-state index in [0.29, 0.717) is 12.5 Å². The lowest BCUT2D eigenvalue weighted by atomic mass is 10.1. The summed E-state index contributed by atoms with van der Waals surface area (Å²) >= 11 is 5.05. The number of amides is 1. The Morgan fingerprint density at radius 2 is 2.00 bits per heavy atom. The number of benzene rings is 1. The Labute approximate surface area is 119 Å². The zero-order chi connectivity index (χ0) is 14.4. The van der Waals surface area contributed by atoms with Crippen molar-refractivity contribution < 1.29 is 9.53 Å². The maximum absolute atomic E-state index is 11.4. The molecule has 2 N–H and O–H groups in total. The average Bonchev–Trinajstić information content (AvgIpc) is 2.31. The van der Waals surface area contributed by atoms with Crippen LogP contribution in [0.3, 0.4) is 0 Å². The van der Waals surface area contributed by atoms with Crippen molar-refractivity contribution in [3.63, 3.8) is 0 Å². The van der Waals surface area contributed by atoms with Gasteiger partial charge in [-0.3, -0.25) is 5.32 Å². The van der Waals surface area contributed by atoms with Gasteiger partial charge in [-0.25, -0.2) is 4.79 Å². The summed E-state index contributed by atoms with van der Waals surface area (Å²) < 4.78 is 4.98. The van der Waals surface area contributed by atoms with Crippen molar-refractivity contribution in [1.29, 1.82) is 0 Å². The summed E-state index contributed by atoms with van der Waals surface area (Å²) in [5, 5.41) is 5.66. The van der Waals surface area contributed by atoms with Crippen LogP contribution in [0.5, 0.6) is 0 Å². The predicted molar refractivity (Wildman–Crippen MR) is 81.5 cm³/mol. The van der Waals surface area contributed by atoms with Gasteiger partial charge in [0, 0.05) is 5.69 Å². The molecule has 4 nitrogen and oxygen atoms in total. The molecule has 0 radical (unpaired) electrons. The molecule has 5 heteroatoms. The zero-order valence-electron chi connectivity index (χ0n) is 11.7. The minimum Gasteiger partial charge on any atom is -0.449 e. The molecule has 104 valence electrons. The van der Waals surface area contributed by atoms with E-state index in [2.05, 4.69) is 10.6 Å². The Morgan fingerprint density at radius 1 is 1.32 bits per heavy atom. The molecule has 0 aliphatic rings. The lowest BCUT2D eigenvalue weighted by Gasteiger charge is -2.12. The molecule has 0 aromatic heterocycles. The van der Waals surface area contributed by atoms with Gasteiger partial charge in [-0.1, -0.05) is 19.9 Å². The van der Waals surface area contributed by atoms with Crippen molar-refractivity contribution in [3.05, 3.63) is 29.3 Å². The molecule has 0 fully saturated rings. The van der Waals surface area contributed by atoms with E-state index in [9.17, 15) is 4.79 Å². The van der Waals surface area contributed by atoms with Crippen LogP contribution in [-0.4, -0.2) is 17.8 Å². The molecule has 0 atom stereocenters. The highest BCUT2D eigenvalue weighted by Gasteiger charge is 2.07. The van der Waals surface area contributed by atoms with E-state index in [4.69, 9.17) is 17.0 Å². The van der Waals surface area contributed by atoms with Crippen molar-refractivity contribution in [3.8, 4) is 0 Å². The summed E-state index contributed by atoms with van der Waals surface area (Å²) in [4.78, 5) is 11.4. The van der Waals surface area contributed by atoms with E-state index in [1.807, 2.05) is 45.9 Å². The first-order valence-corrected chi connectivity index (χ1v) is 6.61. The number of ether oxygens (including phenoxy) is 1. The Bertz CT molecular complexity index is 473. The molecule has 1 aromatic carbocycles. The molecular formula is C14H20N2O2S. The third-order valence-electron chi connectivity index (χ3n) is 2.53. The largest absolute Gasteiger partial charge is 0.449 e. The highest BCUT2D eigenvalue weighted by Crippen LogP contribution is 2.13. The van der Waals surface area contributed by atoms with Crippen LogP contribution in [0.25, 0.3) is 0 Å². The van der Waals surface area contributed by atoms with Gasteiger partial charge in [0.25, 0.3) is 0 Å². The topological polar surface area (TPSA) is 50.4 Å². The quantitative estimate of drug-likeness (QED) is 0.833. The molecule has 1 amide bonds. The van der Waals surface area contributed by atoms with Crippen LogP contribution < -0.4 is 10.6 Å². The summed E-state index contributed by atoms with van der Waals surface area (Å²) in [6.07, 6.45) is -0.532. The van der Waals surface area contributed by atoms with Crippen molar-refractivity contribution in [2.24, 2.45) is 5.92 Å². The lowest BCUT2D eigenvalue weighted by Crippen LogP contribution is -2.35. The van der Waals surface area contributed by atoms with Gasteiger partial charge in [0.1, 0.15) is 0 Å². The fourth-order valence-electron chi connectivity index (χ4n) is 1.35. The third-order valence-corrected chi connectivity index (χ3v) is 2.73. The predicted octanol–water partition coefficient (Wildman–Crippen LogP) is 3.38. The van der Waals surface area contributed by atoms with E-state index in [-0.39, 0.29) is 5.11 Å². The second kappa shape index (κ2) is 7.09. The minimum atomic E-state index is -0.532. The number of rotatable bonds is 3. The molecule has 0 aliphatic heterocycles. The standard InChI is InChI=1S/C14H20N2O2S/c1-9(2)8-18-14(17)16-13(19)15-12-6-5-10(3)11(4)7-12/h5-7,9H,8H2,1-4H3,(H2,15,16,17,19). The first kappa shape index (κ1) is 15.4. The van der Waals surface area contributed by atoms with E-state index in [0.717, 1.165) is 11.3 Å². The van der Waals surface area contributed by atoms with Crippen LogP contribution in [0.4, 0.5) is 10.5 Å². The van der Waals surface area contributed by atoms with Crippen molar-refractivity contribution in [2.45, 2.75) is 27.7 Å². The number of thiocarbonyl (C=S) groups is 1. The molecule has 0 heterocycles. The van der Waals surface area contributed by atoms with Crippen LogP contribution in [0.2, 0.25) is 0 Å².